The lowest BCUT2D eigenvalue weighted by Crippen LogP contribution is -1.86. The zero-order valence-corrected chi connectivity index (χ0v) is 8.55. The average molecular weight is 203 g/mol. The number of benzene rings is 1. The number of phenolic OH excluding ortho intramolecular Hbond substituents is 1. The predicted octanol–water partition coefficient (Wildman–Crippen LogP) is 2.35. The molecule has 0 bridgehead atoms. The first-order chi connectivity index (χ1) is 7.27. The normalized spacial score (nSPS) is 11.3. The molecule has 0 heterocycles. The molecule has 0 aliphatic carbocycles. The van der Waals surface area contributed by atoms with E-state index in [-0.39, 0.29) is 5.75 Å². The van der Waals surface area contributed by atoms with Crippen molar-refractivity contribution in [3.63, 3.8) is 0 Å². The summed E-state index contributed by atoms with van der Waals surface area (Å²) in [5.41, 5.74) is 1.29. The van der Waals surface area contributed by atoms with Crippen molar-refractivity contribution < 1.29 is 9.90 Å². The molecule has 0 unspecified atom stereocenters. The Kier molecular flexibility index (Phi) is 4.29. The maximum atomic E-state index is 10.6. The van der Waals surface area contributed by atoms with E-state index in [4.69, 9.17) is 0 Å². The Balaban J connectivity index is 2.74. The van der Waals surface area contributed by atoms with Crippen LogP contribution in [0.5, 0.6) is 5.75 Å². The number of rotatable bonds is 4. The Labute approximate surface area is 88.8 Å². The van der Waals surface area contributed by atoms with Gasteiger partial charge in [0, 0.05) is 12.4 Å². The molecule has 1 N–H and O–H groups in total. The lowest BCUT2D eigenvalue weighted by molar-refractivity contribution is 0.112. The summed E-state index contributed by atoms with van der Waals surface area (Å²) >= 11 is 0. The van der Waals surface area contributed by atoms with E-state index in [9.17, 15) is 9.90 Å². The van der Waals surface area contributed by atoms with Crippen LogP contribution in [0.4, 0.5) is 0 Å². The molecule has 78 valence electrons. The van der Waals surface area contributed by atoms with Crippen molar-refractivity contribution in [2.45, 2.75) is 13.3 Å². The Morgan fingerprint density at radius 2 is 2.27 bits per heavy atom. The van der Waals surface area contributed by atoms with Crippen LogP contribution in [0.3, 0.4) is 0 Å². The minimum atomic E-state index is 0.0179. The summed E-state index contributed by atoms with van der Waals surface area (Å²) in [6.07, 6.45) is 6.63. The Hall–Kier alpha value is -1.90. The van der Waals surface area contributed by atoms with Gasteiger partial charge in [0.15, 0.2) is 6.29 Å². The highest BCUT2D eigenvalue weighted by Crippen LogP contribution is 2.16. The maximum Gasteiger partial charge on any atom is 0.153 e. The van der Waals surface area contributed by atoms with Gasteiger partial charge in [0.2, 0.25) is 0 Å². The fourth-order valence-electron chi connectivity index (χ4n) is 1.16. The summed E-state index contributed by atoms with van der Waals surface area (Å²) in [7, 11) is 0. The minimum Gasteiger partial charge on any atom is -0.507 e. The van der Waals surface area contributed by atoms with Gasteiger partial charge in [-0.1, -0.05) is 12.1 Å². The van der Waals surface area contributed by atoms with Crippen molar-refractivity contribution >= 4 is 12.5 Å². The highest BCUT2D eigenvalue weighted by atomic mass is 16.3. The van der Waals surface area contributed by atoms with Gasteiger partial charge in [-0.05, 0) is 31.0 Å². The van der Waals surface area contributed by atoms with Crippen LogP contribution in [0.25, 0.3) is 0 Å². The number of hydrogen-bond donors (Lipinski definition) is 1. The van der Waals surface area contributed by atoms with Gasteiger partial charge in [-0.25, -0.2) is 0 Å². The first kappa shape index (κ1) is 11.2. The molecular weight excluding hydrogens is 190 g/mol. The highest BCUT2D eigenvalue weighted by Gasteiger charge is 1.99. The molecule has 15 heavy (non-hydrogen) atoms. The fraction of sp³-hybridized carbons (Fsp3) is 0.167. The molecule has 0 atom stereocenters. The largest absolute Gasteiger partial charge is 0.507 e. The molecule has 1 aromatic rings. The van der Waals surface area contributed by atoms with Gasteiger partial charge in [-0.15, -0.1) is 0 Å². The summed E-state index contributed by atoms with van der Waals surface area (Å²) in [5.74, 6) is 0.0179. The third kappa shape index (κ3) is 3.38. The molecule has 0 radical (unpaired) electrons. The van der Waals surface area contributed by atoms with Crippen molar-refractivity contribution in [2.75, 3.05) is 0 Å². The van der Waals surface area contributed by atoms with Crippen molar-refractivity contribution in [3.8, 4) is 5.75 Å². The summed E-state index contributed by atoms with van der Waals surface area (Å²) in [4.78, 5) is 14.5. The molecule has 0 saturated carbocycles. The number of allylic oxidation sites excluding steroid dienone is 1. The van der Waals surface area contributed by atoms with Gasteiger partial charge in [0.1, 0.15) is 5.75 Å². The van der Waals surface area contributed by atoms with Gasteiger partial charge >= 0.3 is 0 Å². The summed E-state index contributed by atoms with van der Waals surface area (Å²) in [5, 5.41) is 9.27. The van der Waals surface area contributed by atoms with Crippen LogP contribution in [-0.4, -0.2) is 17.6 Å². The van der Waals surface area contributed by atoms with Crippen LogP contribution in [0.2, 0.25) is 0 Å². The van der Waals surface area contributed by atoms with Crippen LogP contribution in [-0.2, 0) is 6.42 Å². The number of nitrogens with zero attached hydrogens (tertiary/aromatic N) is 1. The summed E-state index contributed by atoms with van der Waals surface area (Å²) < 4.78 is 0. The Morgan fingerprint density at radius 1 is 1.47 bits per heavy atom. The number of hydrogen-bond acceptors (Lipinski definition) is 3. The number of carbonyl (C=O) groups is 1. The van der Waals surface area contributed by atoms with Gasteiger partial charge in [0.25, 0.3) is 0 Å². The van der Waals surface area contributed by atoms with E-state index >= 15 is 0 Å². The first-order valence-corrected chi connectivity index (χ1v) is 4.67. The predicted molar refractivity (Wildman–Crippen MR) is 60.5 cm³/mol. The average Bonchev–Trinajstić information content (AvgIpc) is 2.26. The quantitative estimate of drug-likeness (QED) is 0.603. The number of phenols is 1. The summed E-state index contributed by atoms with van der Waals surface area (Å²) in [6.45, 7) is 1.84. The lowest BCUT2D eigenvalue weighted by atomic mass is 10.1. The molecule has 3 heteroatoms. The zero-order chi connectivity index (χ0) is 11.1. The van der Waals surface area contributed by atoms with Crippen LogP contribution in [0, 0.1) is 0 Å². The molecule has 1 rings (SSSR count). The maximum absolute atomic E-state index is 10.6. The third-order valence-corrected chi connectivity index (χ3v) is 1.91. The minimum absolute atomic E-state index is 0.0179. The number of aliphatic imine (C=N–C) groups is 1. The topological polar surface area (TPSA) is 49.7 Å². The third-order valence-electron chi connectivity index (χ3n) is 1.91. The van der Waals surface area contributed by atoms with E-state index in [0.29, 0.717) is 18.3 Å². The van der Waals surface area contributed by atoms with E-state index in [1.165, 1.54) is 6.07 Å². The smallest absolute Gasteiger partial charge is 0.153 e. The lowest BCUT2D eigenvalue weighted by Gasteiger charge is -2.00. The van der Waals surface area contributed by atoms with E-state index in [0.717, 1.165) is 5.56 Å². The van der Waals surface area contributed by atoms with Gasteiger partial charge in [-0.2, -0.15) is 0 Å². The van der Waals surface area contributed by atoms with E-state index < -0.39 is 0 Å². The number of aldehydes is 1. The SMILES string of the molecule is CC=N/C=C\Cc1ccc(O)c(C=O)c1. The molecule has 0 saturated heterocycles. The van der Waals surface area contributed by atoms with Crippen LogP contribution < -0.4 is 0 Å². The van der Waals surface area contributed by atoms with E-state index in [1.807, 2.05) is 13.0 Å². The molecule has 1 aromatic carbocycles. The Morgan fingerprint density at radius 3 is 2.93 bits per heavy atom. The van der Waals surface area contributed by atoms with Gasteiger partial charge in [0.05, 0.1) is 5.56 Å². The van der Waals surface area contributed by atoms with Crippen molar-refractivity contribution in [3.05, 3.63) is 41.6 Å². The monoisotopic (exact) mass is 203 g/mol. The standard InChI is InChI=1S/C12H13NO2/c1-2-13-7-3-4-10-5-6-12(15)11(8-10)9-14/h2-3,5-9,15H,4H2,1H3/b7-3-,13-2?. The van der Waals surface area contributed by atoms with E-state index in [1.54, 1.807) is 24.5 Å². The molecule has 3 nitrogen and oxygen atoms in total. The second-order valence-electron chi connectivity index (χ2n) is 3.01. The first-order valence-electron chi connectivity index (χ1n) is 4.67. The molecule has 0 amide bonds. The molecular formula is C12H13NO2. The molecule has 0 aliphatic rings. The van der Waals surface area contributed by atoms with E-state index in [2.05, 4.69) is 4.99 Å². The molecule has 0 aliphatic heterocycles. The number of aromatic hydroxyl groups is 1. The second-order valence-corrected chi connectivity index (χ2v) is 3.01. The van der Waals surface area contributed by atoms with Crippen LogP contribution in [0.1, 0.15) is 22.8 Å². The van der Waals surface area contributed by atoms with Crippen molar-refractivity contribution in [1.82, 2.24) is 0 Å². The van der Waals surface area contributed by atoms with Gasteiger partial charge < -0.3 is 5.11 Å². The van der Waals surface area contributed by atoms with Crippen LogP contribution in [0.15, 0.2) is 35.5 Å². The van der Waals surface area contributed by atoms with Crippen molar-refractivity contribution in [1.29, 1.82) is 0 Å². The van der Waals surface area contributed by atoms with Gasteiger partial charge in [-0.3, -0.25) is 9.79 Å². The summed E-state index contributed by atoms with van der Waals surface area (Å²) in [6, 6.07) is 4.97. The van der Waals surface area contributed by atoms with Crippen LogP contribution >= 0.6 is 0 Å². The second kappa shape index (κ2) is 5.75. The molecule has 0 aromatic heterocycles. The van der Waals surface area contributed by atoms with Crippen molar-refractivity contribution in [2.24, 2.45) is 4.99 Å². The molecule has 0 fully saturated rings. The number of carbonyl (C=O) groups excluding carboxylic acids is 1. The molecule has 0 spiro atoms. The highest BCUT2D eigenvalue weighted by molar-refractivity contribution is 5.79. The zero-order valence-electron chi connectivity index (χ0n) is 8.55. The fourth-order valence-corrected chi connectivity index (χ4v) is 1.16. The Bertz CT molecular complexity index is 395.